The minimum Gasteiger partial charge on any atom is -0.423 e. The Labute approximate surface area is 145 Å². The van der Waals surface area contributed by atoms with Gasteiger partial charge in [-0.1, -0.05) is 0 Å². The number of piperazine rings is 1. The van der Waals surface area contributed by atoms with Crippen LogP contribution in [0, 0.1) is 18.3 Å². The molecule has 0 radical (unpaired) electrons. The van der Waals surface area contributed by atoms with E-state index in [9.17, 15) is 10.1 Å². The fraction of sp³-hybridized carbons (Fsp3) is 0.529. The van der Waals surface area contributed by atoms with Crippen LogP contribution in [0.4, 0.5) is 5.88 Å². The Morgan fingerprint density at radius 3 is 2.60 bits per heavy atom. The van der Waals surface area contributed by atoms with E-state index in [1.165, 1.54) is 0 Å². The highest BCUT2D eigenvalue weighted by Gasteiger charge is 2.33. The fourth-order valence-corrected chi connectivity index (χ4v) is 3.21. The van der Waals surface area contributed by atoms with Gasteiger partial charge in [0.25, 0.3) is 5.91 Å². The number of aromatic nitrogens is 3. The van der Waals surface area contributed by atoms with Crippen molar-refractivity contribution in [2.75, 3.05) is 31.1 Å². The number of hydrogen-bond acceptors (Lipinski definition) is 6. The molecule has 0 unspecified atom stereocenters. The average Bonchev–Trinajstić information content (AvgIpc) is 3.29. The van der Waals surface area contributed by atoms with Crippen molar-refractivity contribution >= 4 is 11.8 Å². The molecule has 0 bridgehead atoms. The van der Waals surface area contributed by atoms with Gasteiger partial charge in [-0.3, -0.25) is 9.48 Å². The van der Waals surface area contributed by atoms with Crippen molar-refractivity contribution in [2.45, 2.75) is 25.7 Å². The number of nitriles is 1. The van der Waals surface area contributed by atoms with Crippen LogP contribution in [-0.2, 0) is 7.05 Å². The van der Waals surface area contributed by atoms with Crippen molar-refractivity contribution < 1.29 is 9.21 Å². The summed E-state index contributed by atoms with van der Waals surface area (Å²) in [6.45, 7) is 4.27. The Morgan fingerprint density at radius 2 is 2.04 bits per heavy atom. The Balaban J connectivity index is 1.46. The Morgan fingerprint density at radius 1 is 1.32 bits per heavy atom. The van der Waals surface area contributed by atoms with Crippen molar-refractivity contribution in [3.05, 3.63) is 29.0 Å². The minimum atomic E-state index is -0.0144. The molecule has 3 heterocycles. The number of carbonyl (C=O) groups excluding carboxylic acids is 1. The topological polar surface area (TPSA) is 91.2 Å². The second kappa shape index (κ2) is 5.92. The number of nitrogens with zero attached hydrogens (tertiary/aromatic N) is 6. The van der Waals surface area contributed by atoms with Crippen molar-refractivity contribution in [3.63, 3.8) is 0 Å². The summed E-state index contributed by atoms with van der Waals surface area (Å²) in [5.74, 6) is 1.58. The first kappa shape index (κ1) is 15.7. The molecule has 1 amide bonds. The highest BCUT2D eigenvalue weighted by molar-refractivity contribution is 5.92. The highest BCUT2D eigenvalue weighted by Crippen LogP contribution is 2.41. The van der Waals surface area contributed by atoms with Crippen molar-refractivity contribution in [1.29, 1.82) is 5.26 Å². The van der Waals surface area contributed by atoms with Gasteiger partial charge in [0.1, 0.15) is 11.8 Å². The average molecular weight is 340 g/mol. The molecule has 4 rings (SSSR count). The number of oxazole rings is 1. The molecule has 0 N–H and O–H groups in total. The van der Waals surface area contributed by atoms with E-state index in [0.29, 0.717) is 55.3 Å². The monoisotopic (exact) mass is 340 g/mol. The Bertz CT molecular complexity index is 849. The molecule has 2 fully saturated rings. The minimum absolute atomic E-state index is 0.0144. The highest BCUT2D eigenvalue weighted by atomic mass is 16.4. The van der Waals surface area contributed by atoms with Crippen molar-refractivity contribution in [2.24, 2.45) is 7.05 Å². The molecule has 25 heavy (non-hydrogen) atoms. The first-order valence-corrected chi connectivity index (χ1v) is 8.52. The van der Waals surface area contributed by atoms with Gasteiger partial charge in [-0.25, -0.2) is 4.98 Å². The van der Waals surface area contributed by atoms with Crippen LogP contribution in [0.3, 0.4) is 0 Å². The number of hydrogen-bond donors (Lipinski definition) is 0. The molecule has 2 aliphatic rings. The summed E-state index contributed by atoms with van der Waals surface area (Å²) in [5.41, 5.74) is 1.78. The van der Waals surface area contributed by atoms with E-state index in [4.69, 9.17) is 4.42 Å². The fourth-order valence-electron chi connectivity index (χ4n) is 3.21. The van der Waals surface area contributed by atoms with Gasteiger partial charge in [-0.2, -0.15) is 10.4 Å². The van der Waals surface area contributed by atoms with Crippen molar-refractivity contribution in [3.8, 4) is 6.07 Å². The molecule has 2 aromatic rings. The molecule has 0 atom stereocenters. The normalized spacial score (nSPS) is 17.6. The van der Waals surface area contributed by atoms with Gasteiger partial charge in [0.2, 0.25) is 17.5 Å². The third-order valence-corrected chi connectivity index (χ3v) is 4.73. The molecule has 8 nitrogen and oxygen atoms in total. The molecule has 1 saturated carbocycles. The molecule has 130 valence electrons. The van der Waals surface area contributed by atoms with Crippen LogP contribution in [-0.4, -0.2) is 51.8 Å². The van der Waals surface area contributed by atoms with E-state index in [-0.39, 0.29) is 5.91 Å². The zero-order chi connectivity index (χ0) is 17.6. The van der Waals surface area contributed by atoms with Gasteiger partial charge in [-0.05, 0) is 25.8 Å². The van der Waals surface area contributed by atoms with Gasteiger partial charge >= 0.3 is 0 Å². The number of anilines is 1. The summed E-state index contributed by atoms with van der Waals surface area (Å²) in [6, 6.07) is 3.93. The lowest BCUT2D eigenvalue weighted by Gasteiger charge is -2.34. The molecule has 1 aliphatic carbocycles. The maximum Gasteiger partial charge on any atom is 0.272 e. The third kappa shape index (κ3) is 2.86. The second-order valence-electron chi connectivity index (χ2n) is 6.67. The number of rotatable bonds is 3. The molecule has 0 aromatic carbocycles. The summed E-state index contributed by atoms with van der Waals surface area (Å²) in [5, 5.41) is 13.5. The number of carbonyl (C=O) groups is 1. The molecule has 8 heteroatoms. The lowest BCUT2D eigenvalue weighted by molar-refractivity contribution is 0.0734. The van der Waals surface area contributed by atoms with E-state index < -0.39 is 0 Å². The Hall–Kier alpha value is -2.82. The van der Waals surface area contributed by atoms with Gasteiger partial charge in [-0.15, -0.1) is 0 Å². The van der Waals surface area contributed by atoms with E-state index in [1.807, 2.05) is 16.7 Å². The van der Waals surface area contributed by atoms with Crippen LogP contribution in [0.15, 0.2) is 10.5 Å². The van der Waals surface area contributed by atoms with Crippen LogP contribution in [0.2, 0.25) is 0 Å². The van der Waals surface area contributed by atoms with Crippen LogP contribution in [0.25, 0.3) is 0 Å². The summed E-state index contributed by atoms with van der Waals surface area (Å²) >= 11 is 0. The number of aryl methyl sites for hydroxylation is 2. The van der Waals surface area contributed by atoms with Crippen LogP contribution in [0.1, 0.15) is 46.5 Å². The van der Waals surface area contributed by atoms with Gasteiger partial charge in [0.05, 0.1) is 5.69 Å². The largest absolute Gasteiger partial charge is 0.423 e. The van der Waals surface area contributed by atoms with Gasteiger partial charge in [0.15, 0.2) is 0 Å². The van der Waals surface area contributed by atoms with E-state index in [0.717, 1.165) is 18.5 Å². The van der Waals surface area contributed by atoms with Gasteiger partial charge in [0, 0.05) is 39.1 Å². The SMILES string of the molecule is Cc1cc(C(=O)N2CCN(c3oc(C4CC4)nc3C#N)CC2)n(C)n1. The molecule has 0 spiro atoms. The summed E-state index contributed by atoms with van der Waals surface area (Å²) in [4.78, 5) is 20.8. The predicted molar refractivity (Wildman–Crippen MR) is 89.3 cm³/mol. The van der Waals surface area contributed by atoms with Crippen LogP contribution >= 0.6 is 0 Å². The molecule has 1 aliphatic heterocycles. The second-order valence-corrected chi connectivity index (χ2v) is 6.67. The summed E-state index contributed by atoms with van der Waals surface area (Å²) in [7, 11) is 1.78. The van der Waals surface area contributed by atoms with Crippen LogP contribution in [0.5, 0.6) is 0 Å². The number of amides is 1. The zero-order valence-corrected chi connectivity index (χ0v) is 14.4. The quantitative estimate of drug-likeness (QED) is 0.839. The standard InChI is InChI=1S/C17H20N6O2/c1-11-9-14(21(2)20-11)16(24)22-5-7-23(8-6-22)17-13(10-18)19-15(25-17)12-3-4-12/h9,12H,3-8H2,1-2H3. The molecular formula is C17H20N6O2. The maximum absolute atomic E-state index is 12.7. The smallest absolute Gasteiger partial charge is 0.272 e. The molecular weight excluding hydrogens is 320 g/mol. The Kier molecular flexibility index (Phi) is 3.71. The maximum atomic E-state index is 12.7. The molecule has 2 aromatic heterocycles. The summed E-state index contributed by atoms with van der Waals surface area (Å²) in [6.07, 6.45) is 2.16. The van der Waals surface area contributed by atoms with E-state index in [2.05, 4.69) is 16.2 Å². The van der Waals surface area contributed by atoms with Crippen LogP contribution < -0.4 is 4.90 Å². The predicted octanol–water partition coefficient (Wildman–Crippen LogP) is 1.43. The van der Waals surface area contributed by atoms with Gasteiger partial charge < -0.3 is 14.2 Å². The lowest BCUT2D eigenvalue weighted by Crippen LogP contribution is -2.49. The van der Waals surface area contributed by atoms with Crippen molar-refractivity contribution in [1.82, 2.24) is 19.7 Å². The van der Waals surface area contributed by atoms with E-state index in [1.54, 1.807) is 17.8 Å². The third-order valence-electron chi connectivity index (χ3n) is 4.73. The zero-order valence-electron chi connectivity index (χ0n) is 14.4. The molecule has 1 saturated heterocycles. The first-order chi connectivity index (χ1) is 12.1. The van der Waals surface area contributed by atoms with E-state index >= 15 is 0 Å². The lowest BCUT2D eigenvalue weighted by atomic mass is 10.2. The summed E-state index contributed by atoms with van der Waals surface area (Å²) < 4.78 is 7.47. The first-order valence-electron chi connectivity index (χ1n) is 8.52.